The molecule has 1 N–H and O–H groups in total. The van der Waals surface area contributed by atoms with Crippen molar-refractivity contribution in [2.45, 2.75) is 25.4 Å². The van der Waals surface area contributed by atoms with Crippen LogP contribution in [-0.2, 0) is 11.3 Å². The Kier molecular flexibility index (Phi) is 4.52. The van der Waals surface area contributed by atoms with Crippen molar-refractivity contribution in [3.05, 3.63) is 36.0 Å². The van der Waals surface area contributed by atoms with Crippen LogP contribution in [0.15, 0.2) is 30.5 Å². The van der Waals surface area contributed by atoms with Crippen LogP contribution < -0.4 is 0 Å². The lowest BCUT2D eigenvalue weighted by Gasteiger charge is -2.36. The molecule has 1 aromatic heterocycles. The Morgan fingerprint density at radius 1 is 1.20 bits per heavy atom. The van der Waals surface area contributed by atoms with Crippen molar-refractivity contribution in [3.8, 4) is 0 Å². The third kappa shape index (κ3) is 3.58. The molecule has 3 aliphatic heterocycles. The standard InChI is InChI=1S/C20H28N4O/c1-22(2)20(25)14-23-10-16-3-5-18(13-23)24(12-16)11-15-4-6-19-17(9-15)7-8-21-19/h4,6-9,16,18,21H,3,5,10-14H2,1-2H3/t16-,18+/m0/s1. The second-order valence-electron chi connectivity index (χ2n) is 7.91. The van der Waals surface area contributed by atoms with E-state index in [9.17, 15) is 4.79 Å². The molecule has 5 heteroatoms. The number of nitrogens with zero attached hydrogens (tertiary/aromatic N) is 3. The average Bonchev–Trinajstić information content (AvgIpc) is 2.88. The number of benzene rings is 1. The zero-order valence-corrected chi connectivity index (χ0v) is 15.2. The summed E-state index contributed by atoms with van der Waals surface area (Å²) in [7, 11) is 3.69. The van der Waals surface area contributed by atoms with Gasteiger partial charge < -0.3 is 9.88 Å². The molecule has 2 aromatic rings. The van der Waals surface area contributed by atoms with E-state index in [0.29, 0.717) is 18.5 Å². The number of piperidine rings is 1. The summed E-state index contributed by atoms with van der Waals surface area (Å²) in [6, 6.07) is 9.43. The molecule has 3 fully saturated rings. The summed E-state index contributed by atoms with van der Waals surface area (Å²) >= 11 is 0. The van der Waals surface area contributed by atoms with E-state index in [1.807, 2.05) is 20.3 Å². The lowest BCUT2D eigenvalue weighted by Crippen LogP contribution is -2.44. The number of H-pyrrole nitrogens is 1. The van der Waals surface area contributed by atoms with E-state index in [0.717, 1.165) is 26.2 Å². The molecule has 3 aliphatic rings. The summed E-state index contributed by atoms with van der Waals surface area (Å²) in [5.41, 5.74) is 2.59. The molecule has 4 heterocycles. The van der Waals surface area contributed by atoms with Gasteiger partial charge in [-0.3, -0.25) is 14.6 Å². The van der Waals surface area contributed by atoms with E-state index in [-0.39, 0.29) is 5.91 Å². The molecule has 5 nitrogen and oxygen atoms in total. The van der Waals surface area contributed by atoms with Gasteiger partial charge in [0.2, 0.25) is 5.91 Å². The molecule has 2 bridgehead atoms. The molecular formula is C20H28N4O. The van der Waals surface area contributed by atoms with Crippen LogP contribution in [0, 0.1) is 5.92 Å². The molecule has 0 radical (unpaired) electrons. The van der Waals surface area contributed by atoms with Gasteiger partial charge in [-0.05, 0) is 47.9 Å². The number of hydrogen-bond donors (Lipinski definition) is 1. The summed E-state index contributed by atoms with van der Waals surface area (Å²) in [5.74, 6) is 0.899. The Balaban J connectivity index is 1.45. The number of rotatable bonds is 4. The fourth-order valence-electron chi connectivity index (χ4n) is 4.37. The Morgan fingerprint density at radius 2 is 2.08 bits per heavy atom. The number of aromatic amines is 1. The Bertz CT molecular complexity index is 753. The van der Waals surface area contributed by atoms with Crippen LogP contribution in [0.5, 0.6) is 0 Å². The van der Waals surface area contributed by atoms with E-state index in [4.69, 9.17) is 0 Å². The first-order valence-corrected chi connectivity index (χ1v) is 9.31. The molecule has 5 rings (SSSR count). The van der Waals surface area contributed by atoms with Gasteiger partial charge in [-0.25, -0.2) is 0 Å². The first-order chi connectivity index (χ1) is 12.1. The molecular weight excluding hydrogens is 312 g/mol. The highest BCUT2D eigenvalue weighted by Crippen LogP contribution is 2.29. The minimum absolute atomic E-state index is 0.214. The molecule has 0 saturated carbocycles. The maximum atomic E-state index is 12.1. The second kappa shape index (κ2) is 6.81. The quantitative estimate of drug-likeness (QED) is 0.927. The van der Waals surface area contributed by atoms with Crippen LogP contribution >= 0.6 is 0 Å². The van der Waals surface area contributed by atoms with Gasteiger partial charge in [-0.2, -0.15) is 0 Å². The molecule has 0 aliphatic carbocycles. The smallest absolute Gasteiger partial charge is 0.236 e. The molecule has 2 atom stereocenters. The summed E-state index contributed by atoms with van der Waals surface area (Å²) in [6.45, 7) is 4.80. The highest BCUT2D eigenvalue weighted by Gasteiger charge is 2.35. The van der Waals surface area contributed by atoms with E-state index in [2.05, 4.69) is 39.0 Å². The summed E-state index contributed by atoms with van der Waals surface area (Å²) < 4.78 is 0. The number of aromatic nitrogens is 1. The van der Waals surface area contributed by atoms with Crippen molar-refractivity contribution in [3.63, 3.8) is 0 Å². The summed E-state index contributed by atoms with van der Waals surface area (Å²) in [6.07, 6.45) is 4.55. The summed E-state index contributed by atoms with van der Waals surface area (Å²) in [5, 5.41) is 1.29. The molecule has 1 aromatic carbocycles. The van der Waals surface area contributed by atoms with Gasteiger partial charge >= 0.3 is 0 Å². The number of hydrogen-bond acceptors (Lipinski definition) is 3. The normalized spacial score (nSPS) is 24.6. The average molecular weight is 340 g/mol. The number of nitrogens with one attached hydrogen (secondary N) is 1. The van der Waals surface area contributed by atoms with Crippen LogP contribution in [0.1, 0.15) is 18.4 Å². The lowest BCUT2D eigenvalue weighted by atomic mass is 9.94. The second-order valence-corrected chi connectivity index (χ2v) is 7.91. The Morgan fingerprint density at radius 3 is 2.92 bits per heavy atom. The maximum Gasteiger partial charge on any atom is 0.236 e. The predicted octanol–water partition coefficient (Wildman–Crippen LogP) is 2.15. The van der Waals surface area contributed by atoms with Crippen molar-refractivity contribution in [2.24, 2.45) is 5.92 Å². The van der Waals surface area contributed by atoms with Crippen LogP contribution in [0.2, 0.25) is 0 Å². The number of carbonyl (C=O) groups excluding carboxylic acids is 1. The van der Waals surface area contributed by atoms with Crippen molar-refractivity contribution in [2.75, 3.05) is 40.3 Å². The van der Waals surface area contributed by atoms with Gasteiger partial charge in [0.1, 0.15) is 0 Å². The number of likely N-dealkylation sites (N-methyl/N-ethyl adjacent to an activating group) is 1. The van der Waals surface area contributed by atoms with Crippen LogP contribution in [0.4, 0.5) is 0 Å². The topological polar surface area (TPSA) is 42.6 Å². The minimum atomic E-state index is 0.214. The van der Waals surface area contributed by atoms with Crippen LogP contribution in [-0.4, -0.2) is 71.9 Å². The van der Waals surface area contributed by atoms with E-state index in [1.54, 1.807) is 4.90 Å². The Labute approximate surface area is 149 Å². The van der Waals surface area contributed by atoms with Gasteiger partial charge in [0, 0.05) is 58.0 Å². The van der Waals surface area contributed by atoms with E-state index >= 15 is 0 Å². The monoisotopic (exact) mass is 340 g/mol. The maximum absolute atomic E-state index is 12.1. The zero-order valence-electron chi connectivity index (χ0n) is 15.2. The van der Waals surface area contributed by atoms with Crippen molar-refractivity contribution in [1.29, 1.82) is 0 Å². The number of carbonyl (C=O) groups is 1. The van der Waals surface area contributed by atoms with Gasteiger partial charge in [0.15, 0.2) is 0 Å². The lowest BCUT2D eigenvalue weighted by molar-refractivity contribution is -0.130. The molecule has 0 unspecified atom stereocenters. The highest BCUT2D eigenvalue weighted by atomic mass is 16.2. The van der Waals surface area contributed by atoms with Gasteiger partial charge in [0.05, 0.1) is 6.54 Å². The molecule has 134 valence electrons. The largest absolute Gasteiger partial charge is 0.361 e. The first kappa shape index (κ1) is 16.6. The predicted molar refractivity (Wildman–Crippen MR) is 100 cm³/mol. The van der Waals surface area contributed by atoms with Gasteiger partial charge in [-0.1, -0.05) is 6.07 Å². The molecule has 3 saturated heterocycles. The van der Waals surface area contributed by atoms with Crippen molar-refractivity contribution < 1.29 is 4.79 Å². The van der Waals surface area contributed by atoms with Crippen molar-refractivity contribution in [1.82, 2.24) is 19.7 Å². The van der Waals surface area contributed by atoms with Crippen molar-refractivity contribution >= 4 is 16.8 Å². The first-order valence-electron chi connectivity index (χ1n) is 9.31. The van der Waals surface area contributed by atoms with E-state index < -0.39 is 0 Å². The summed E-state index contributed by atoms with van der Waals surface area (Å²) in [4.78, 5) is 22.1. The Hall–Kier alpha value is -1.85. The van der Waals surface area contributed by atoms with E-state index in [1.165, 1.54) is 29.3 Å². The third-order valence-electron chi connectivity index (χ3n) is 5.76. The molecule has 1 amide bonds. The van der Waals surface area contributed by atoms with Gasteiger partial charge in [-0.15, -0.1) is 0 Å². The number of amides is 1. The molecule has 0 spiro atoms. The highest BCUT2D eigenvalue weighted by molar-refractivity contribution is 5.80. The fourth-order valence-corrected chi connectivity index (χ4v) is 4.37. The van der Waals surface area contributed by atoms with Crippen LogP contribution in [0.25, 0.3) is 10.9 Å². The SMILES string of the molecule is CN(C)C(=O)CN1C[C@@H]2CC[C@H](C1)N(Cc1ccc3[nH]ccc3c1)C2. The van der Waals surface area contributed by atoms with Gasteiger partial charge in [0.25, 0.3) is 0 Å². The van der Waals surface area contributed by atoms with Crippen LogP contribution in [0.3, 0.4) is 0 Å². The molecule has 25 heavy (non-hydrogen) atoms. The fraction of sp³-hybridized carbons (Fsp3) is 0.550. The minimum Gasteiger partial charge on any atom is -0.361 e. The third-order valence-corrected chi connectivity index (χ3v) is 5.76. The number of fused-ring (bicyclic) bond motifs is 5. The zero-order chi connectivity index (χ0) is 17.4.